The summed E-state index contributed by atoms with van der Waals surface area (Å²) in [5.41, 5.74) is 0. The minimum Gasteiger partial charge on any atom is -0.465 e. The Bertz CT molecular complexity index is 404. The van der Waals surface area contributed by atoms with Crippen LogP contribution in [0.15, 0.2) is 6.33 Å². The van der Waals surface area contributed by atoms with E-state index in [0.717, 1.165) is 6.54 Å². The molecule has 0 spiro atoms. The molecule has 1 heterocycles. The highest BCUT2D eigenvalue weighted by molar-refractivity contribution is 5.80. The Balaban J connectivity index is 2.27. The molecule has 1 rings (SSSR count). The van der Waals surface area contributed by atoms with Crippen LogP contribution in [0.5, 0.6) is 0 Å². The van der Waals surface area contributed by atoms with Crippen LogP contribution in [0.25, 0.3) is 0 Å². The van der Waals surface area contributed by atoms with E-state index in [4.69, 9.17) is 0 Å². The van der Waals surface area contributed by atoms with E-state index in [1.54, 1.807) is 13.3 Å². The van der Waals surface area contributed by atoms with Crippen LogP contribution in [0.2, 0.25) is 0 Å². The number of amides is 2. The van der Waals surface area contributed by atoms with Crippen molar-refractivity contribution in [2.45, 2.75) is 26.9 Å². The molecule has 0 fully saturated rings. The highest BCUT2D eigenvalue weighted by Gasteiger charge is 2.07. The second-order valence-electron chi connectivity index (χ2n) is 3.37. The highest BCUT2D eigenvalue weighted by atomic mass is 16.5. The Kier molecular flexibility index (Phi) is 5.62. The summed E-state index contributed by atoms with van der Waals surface area (Å²) in [5.74, 6) is 0.188. The minimum absolute atomic E-state index is 0.153. The van der Waals surface area contributed by atoms with Crippen LogP contribution in [0.1, 0.15) is 19.7 Å². The summed E-state index contributed by atoms with van der Waals surface area (Å²) in [6.07, 6.45) is 1.59. The fourth-order valence-corrected chi connectivity index (χ4v) is 1.27. The van der Waals surface area contributed by atoms with Gasteiger partial charge in [0.2, 0.25) is 0 Å². The number of ether oxygens (including phenoxy) is 1. The lowest BCUT2D eigenvalue weighted by molar-refractivity contribution is -0.141. The molecule has 2 N–H and O–H groups in total. The normalized spacial score (nSPS) is 9.89. The molecule has 8 nitrogen and oxygen atoms in total. The topological polar surface area (TPSA) is 98.1 Å². The molecule has 8 heteroatoms. The zero-order valence-electron chi connectivity index (χ0n) is 10.5. The van der Waals surface area contributed by atoms with Gasteiger partial charge in [0.15, 0.2) is 5.82 Å². The molecule has 0 atom stereocenters. The largest absolute Gasteiger partial charge is 0.465 e. The van der Waals surface area contributed by atoms with E-state index in [1.807, 2.05) is 11.5 Å². The third kappa shape index (κ3) is 4.40. The lowest BCUT2D eigenvalue weighted by Gasteiger charge is -2.07. The Morgan fingerprint density at radius 3 is 2.83 bits per heavy atom. The van der Waals surface area contributed by atoms with Gasteiger partial charge >= 0.3 is 12.0 Å². The van der Waals surface area contributed by atoms with E-state index in [2.05, 4.69) is 25.6 Å². The van der Waals surface area contributed by atoms with Crippen molar-refractivity contribution in [3.05, 3.63) is 12.2 Å². The van der Waals surface area contributed by atoms with Crippen molar-refractivity contribution in [1.82, 2.24) is 25.4 Å². The smallest absolute Gasteiger partial charge is 0.325 e. The first-order valence-corrected chi connectivity index (χ1v) is 5.71. The average molecular weight is 255 g/mol. The predicted octanol–water partition coefficient (Wildman–Crippen LogP) is -0.340. The summed E-state index contributed by atoms with van der Waals surface area (Å²) in [6, 6.07) is -0.450. The molecule has 0 aliphatic rings. The number of aromatic nitrogens is 3. The first-order valence-electron chi connectivity index (χ1n) is 5.71. The molecule has 1 aromatic rings. The Hall–Kier alpha value is -2.12. The maximum absolute atomic E-state index is 11.4. The van der Waals surface area contributed by atoms with E-state index in [1.165, 1.54) is 0 Å². The van der Waals surface area contributed by atoms with Crippen LogP contribution >= 0.6 is 0 Å². The van der Waals surface area contributed by atoms with Gasteiger partial charge in [-0.1, -0.05) is 0 Å². The van der Waals surface area contributed by atoms with Gasteiger partial charge in [-0.2, -0.15) is 0 Å². The molecular formula is C10H17N5O3. The number of hydrogen-bond acceptors (Lipinski definition) is 5. The minimum atomic E-state index is -0.468. The van der Waals surface area contributed by atoms with Gasteiger partial charge in [-0.25, -0.2) is 4.79 Å². The monoisotopic (exact) mass is 255 g/mol. The van der Waals surface area contributed by atoms with Crippen LogP contribution in [0.4, 0.5) is 4.79 Å². The molecule has 0 aliphatic carbocycles. The molecule has 0 bridgehead atoms. The molecule has 0 aliphatic heterocycles. The standard InChI is InChI=1S/C10H17N5O3/c1-3-15-7-13-14-8(15)5-11-10(17)12-6-9(16)18-4-2/h7H,3-6H2,1-2H3,(H2,11,12,17). The predicted molar refractivity (Wildman–Crippen MR) is 62.6 cm³/mol. The second-order valence-corrected chi connectivity index (χ2v) is 3.37. The first-order chi connectivity index (χ1) is 8.67. The first kappa shape index (κ1) is 13.9. The van der Waals surface area contributed by atoms with E-state index in [-0.39, 0.29) is 13.1 Å². The lowest BCUT2D eigenvalue weighted by Crippen LogP contribution is -2.39. The summed E-state index contributed by atoms with van der Waals surface area (Å²) < 4.78 is 6.48. The number of hydrogen-bond donors (Lipinski definition) is 2. The molecular weight excluding hydrogens is 238 g/mol. The third-order valence-corrected chi connectivity index (χ3v) is 2.14. The summed E-state index contributed by atoms with van der Waals surface area (Å²) >= 11 is 0. The quantitative estimate of drug-likeness (QED) is 0.678. The van der Waals surface area contributed by atoms with Crippen molar-refractivity contribution >= 4 is 12.0 Å². The number of rotatable bonds is 6. The fourth-order valence-electron chi connectivity index (χ4n) is 1.27. The average Bonchev–Trinajstić information content (AvgIpc) is 2.81. The molecule has 18 heavy (non-hydrogen) atoms. The van der Waals surface area contributed by atoms with Gasteiger partial charge in [-0.05, 0) is 13.8 Å². The Labute approximate surface area is 105 Å². The molecule has 0 radical (unpaired) electrons. The number of urea groups is 1. The maximum atomic E-state index is 11.4. The number of carbonyl (C=O) groups excluding carboxylic acids is 2. The molecule has 0 saturated carbocycles. The summed E-state index contributed by atoms with van der Waals surface area (Å²) in [4.78, 5) is 22.3. The van der Waals surface area contributed by atoms with E-state index >= 15 is 0 Å². The van der Waals surface area contributed by atoms with Crippen molar-refractivity contribution in [3.63, 3.8) is 0 Å². The van der Waals surface area contributed by atoms with Crippen LogP contribution < -0.4 is 10.6 Å². The molecule has 2 amide bonds. The Morgan fingerprint density at radius 2 is 2.17 bits per heavy atom. The molecule has 0 unspecified atom stereocenters. The molecule has 0 saturated heterocycles. The SMILES string of the molecule is CCOC(=O)CNC(=O)NCc1nncn1CC. The van der Waals surface area contributed by atoms with Crippen molar-refractivity contribution < 1.29 is 14.3 Å². The van der Waals surface area contributed by atoms with Crippen LogP contribution in [0.3, 0.4) is 0 Å². The summed E-state index contributed by atoms with van der Waals surface area (Å²) in [6.45, 7) is 4.78. The number of nitrogens with zero attached hydrogens (tertiary/aromatic N) is 3. The van der Waals surface area contributed by atoms with E-state index in [9.17, 15) is 9.59 Å². The molecule has 100 valence electrons. The number of esters is 1. The van der Waals surface area contributed by atoms with Crippen LogP contribution in [-0.4, -0.2) is 39.9 Å². The maximum Gasteiger partial charge on any atom is 0.325 e. The number of carbonyl (C=O) groups is 2. The van der Waals surface area contributed by atoms with Crippen molar-refractivity contribution in [1.29, 1.82) is 0 Å². The van der Waals surface area contributed by atoms with Gasteiger partial charge in [0.25, 0.3) is 0 Å². The second kappa shape index (κ2) is 7.25. The number of nitrogens with one attached hydrogen (secondary N) is 2. The van der Waals surface area contributed by atoms with Crippen LogP contribution in [0, 0.1) is 0 Å². The molecule has 1 aromatic heterocycles. The number of aryl methyl sites for hydroxylation is 1. The van der Waals surface area contributed by atoms with Gasteiger partial charge in [-0.15, -0.1) is 10.2 Å². The van der Waals surface area contributed by atoms with E-state index in [0.29, 0.717) is 12.4 Å². The lowest BCUT2D eigenvalue weighted by atomic mass is 10.5. The van der Waals surface area contributed by atoms with E-state index < -0.39 is 12.0 Å². The van der Waals surface area contributed by atoms with Crippen LogP contribution in [-0.2, 0) is 22.6 Å². The summed E-state index contributed by atoms with van der Waals surface area (Å²) in [7, 11) is 0. The zero-order valence-corrected chi connectivity index (χ0v) is 10.5. The zero-order chi connectivity index (χ0) is 13.4. The highest BCUT2D eigenvalue weighted by Crippen LogP contribution is 1.93. The van der Waals surface area contributed by atoms with Gasteiger partial charge in [0.1, 0.15) is 12.9 Å². The third-order valence-electron chi connectivity index (χ3n) is 2.14. The van der Waals surface area contributed by atoms with Gasteiger partial charge in [0, 0.05) is 6.54 Å². The van der Waals surface area contributed by atoms with Crippen molar-refractivity contribution in [3.8, 4) is 0 Å². The fraction of sp³-hybridized carbons (Fsp3) is 0.600. The molecule has 0 aromatic carbocycles. The van der Waals surface area contributed by atoms with Gasteiger partial charge in [-0.3, -0.25) is 4.79 Å². The summed E-state index contributed by atoms with van der Waals surface area (Å²) in [5, 5.41) is 12.6. The van der Waals surface area contributed by atoms with Crippen molar-refractivity contribution in [2.75, 3.05) is 13.2 Å². The Morgan fingerprint density at radius 1 is 1.39 bits per heavy atom. The van der Waals surface area contributed by atoms with Gasteiger partial charge in [0.05, 0.1) is 13.2 Å². The van der Waals surface area contributed by atoms with Crippen molar-refractivity contribution in [2.24, 2.45) is 0 Å². The van der Waals surface area contributed by atoms with Gasteiger partial charge < -0.3 is 19.9 Å².